The largest absolute Gasteiger partial charge is 0.276 e. The van der Waals surface area contributed by atoms with Crippen LogP contribution in [0.1, 0.15) is 25.7 Å². The van der Waals surface area contributed by atoms with Gasteiger partial charge in [-0.25, -0.2) is 0 Å². The Kier molecular flexibility index (Phi) is 16.7. The standard InChI is InChI=1S/C8H12.CI2O.Co/c1-2-4-6-8-7-5-3-1;2-1(3)4;/h1-4H,5-8H2;;/b3-1-,4-2-;;. The van der Waals surface area contributed by atoms with Gasteiger partial charge in [-0.05, 0) is 25.7 Å². The summed E-state index contributed by atoms with van der Waals surface area (Å²) in [5, 5.41) is 0. The van der Waals surface area contributed by atoms with Gasteiger partial charge >= 0.3 is 0 Å². The van der Waals surface area contributed by atoms with Crippen molar-refractivity contribution in [3.05, 3.63) is 24.3 Å². The van der Waals surface area contributed by atoms with Gasteiger partial charge in [-0.15, -0.1) is 0 Å². The van der Waals surface area contributed by atoms with Crippen LogP contribution in [0.5, 0.6) is 0 Å². The maximum Gasteiger partial charge on any atom is 0.251 e. The molecule has 0 fully saturated rings. The van der Waals surface area contributed by atoms with Crippen molar-refractivity contribution in [2.24, 2.45) is 0 Å². The van der Waals surface area contributed by atoms with E-state index < -0.39 is 0 Å². The van der Waals surface area contributed by atoms with E-state index in [2.05, 4.69) is 24.3 Å². The summed E-state index contributed by atoms with van der Waals surface area (Å²) >= 11 is 3.38. The Morgan fingerprint density at radius 1 is 1.00 bits per heavy atom. The monoisotopic (exact) mass is 449 g/mol. The maximum atomic E-state index is 9.42. The predicted octanol–water partition coefficient (Wildman–Crippen LogP) is 4.65. The quantitative estimate of drug-likeness (QED) is 0.389. The van der Waals surface area contributed by atoms with Crippen molar-refractivity contribution in [1.82, 2.24) is 0 Å². The van der Waals surface area contributed by atoms with Crippen LogP contribution >= 0.6 is 45.2 Å². The zero-order valence-corrected chi connectivity index (χ0v) is 12.5. The molecule has 1 aliphatic carbocycles. The van der Waals surface area contributed by atoms with Gasteiger partial charge in [0.05, 0.1) is 0 Å². The van der Waals surface area contributed by atoms with Crippen molar-refractivity contribution in [1.29, 1.82) is 0 Å². The molecule has 77 valence electrons. The van der Waals surface area contributed by atoms with E-state index >= 15 is 0 Å². The third-order valence-electron chi connectivity index (χ3n) is 1.37. The van der Waals surface area contributed by atoms with Crippen molar-refractivity contribution in [2.45, 2.75) is 25.7 Å². The summed E-state index contributed by atoms with van der Waals surface area (Å²) in [6.07, 6.45) is 14.0. The first-order valence-corrected chi connectivity index (χ1v) is 6.06. The van der Waals surface area contributed by atoms with Crippen LogP contribution in [0.15, 0.2) is 24.3 Å². The summed E-state index contributed by atoms with van der Waals surface area (Å²) in [5.74, 6) is 0. The van der Waals surface area contributed by atoms with Crippen molar-refractivity contribution in [3.63, 3.8) is 0 Å². The molecule has 0 saturated heterocycles. The Bertz CT molecular complexity index is 160. The normalized spacial score (nSPS) is 19.2. The van der Waals surface area contributed by atoms with Gasteiger partial charge in [0.1, 0.15) is 0 Å². The molecule has 1 rings (SSSR count). The van der Waals surface area contributed by atoms with Gasteiger partial charge in [0.15, 0.2) is 0 Å². The molecule has 0 atom stereocenters. The molecule has 0 amide bonds. The fourth-order valence-corrected chi connectivity index (χ4v) is 0.874. The third kappa shape index (κ3) is 19.5. The minimum absolute atomic E-state index is 0. The second-order valence-electron chi connectivity index (χ2n) is 2.37. The molecule has 0 bridgehead atoms. The Labute approximate surface area is 117 Å². The van der Waals surface area contributed by atoms with Gasteiger partial charge in [-0.1, -0.05) is 24.3 Å². The van der Waals surface area contributed by atoms with Crippen molar-refractivity contribution >= 4 is 47.0 Å². The van der Waals surface area contributed by atoms with Crippen LogP contribution in [-0.4, -0.2) is 1.80 Å². The average molecular weight is 449 g/mol. The van der Waals surface area contributed by atoms with E-state index in [0.717, 1.165) is 0 Å². The summed E-state index contributed by atoms with van der Waals surface area (Å²) in [6.45, 7) is 0. The number of carbonyl (C=O) groups is 1. The molecule has 0 N–H and O–H groups in total. The Hall–Kier alpha value is 1.12. The first-order chi connectivity index (χ1) is 5.73. The second-order valence-corrected chi connectivity index (χ2v) is 6.39. The molecule has 0 aliphatic heterocycles. The molecule has 1 radical (unpaired) electrons. The fraction of sp³-hybridized carbons (Fsp3) is 0.444. The van der Waals surface area contributed by atoms with Gasteiger partial charge < -0.3 is 0 Å². The summed E-state index contributed by atoms with van der Waals surface area (Å²) in [7, 11) is 0. The second kappa shape index (κ2) is 13.1. The molecule has 0 unspecified atom stereocenters. The Morgan fingerprint density at radius 3 is 1.62 bits per heavy atom. The Balaban J connectivity index is 0. The maximum absolute atomic E-state index is 9.42. The van der Waals surface area contributed by atoms with E-state index in [-0.39, 0.29) is 18.6 Å². The molecule has 0 aromatic rings. The van der Waals surface area contributed by atoms with Gasteiger partial charge in [0.25, 0.3) is 1.80 Å². The molecule has 4 heteroatoms. The molecule has 13 heavy (non-hydrogen) atoms. The number of halogens is 2. The summed E-state index contributed by atoms with van der Waals surface area (Å²) in [6, 6.07) is 0. The molecule has 0 spiro atoms. The summed E-state index contributed by atoms with van der Waals surface area (Å²) < 4.78 is 0.107. The van der Waals surface area contributed by atoms with Crippen LogP contribution in [0.2, 0.25) is 0 Å². The summed E-state index contributed by atoms with van der Waals surface area (Å²) in [5.41, 5.74) is 0. The molecule has 0 aromatic carbocycles. The van der Waals surface area contributed by atoms with Crippen LogP contribution < -0.4 is 0 Å². The SMILES string of the molecule is C1=C\CCCC\C=C/1.O=C(I)I.[Co]. The van der Waals surface area contributed by atoms with Gasteiger partial charge in [-0.2, -0.15) is 0 Å². The molecule has 0 saturated carbocycles. The van der Waals surface area contributed by atoms with E-state index in [9.17, 15) is 4.79 Å². The minimum Gasteiger partial charge on any atom is -0.276 e. The number of allylic oxidation sites excluding steroid dienone is 4. The number of hydrogen-bond acceptors (Lipinski definition) is 1. The van der Waals surface area contributed by atoms with Crippen LogP contribution in [0.25, 0.3) is 0 Å². The molecule has 1 aliphatic rings. The van der Waals surface area contributed by atoms with E-state index in [1.165, 1.54) is 25.7 Å². The van der Waals surface area contributed by atoms with Crippen LogP contribution in [0.3, 0.4) is 0 Å². The average Bonchev–Trinajstić information content (AvgIpc) is 1.82. The fourth-order valence-electron chi connectivity index (χ4n) is 0.874. The molecular weight excluding hydrogens is 437 g/mol. The number of carbonyl (C=O) groups excluding carboxylic acids is 1. The predicted molar refractivity (Wildman–Crippen MR) is 70.2 cm³/mol. The molecule has 1 nitrogen and oxygen atoms in total. The Morgan fingerprint density at radius 2 is 1.31 bits per heavy atom. The van der Waals surface area contributed by atoms with Crippen LogP contribution in [0.4, 0.5) is 4.79 Å². The van der Waals surface area contributed by atoms with Gasteiger partial charge in [0, 0.05) is 62.0 Å². The van der Waals surface area contributed by atoms with E-state index in [1.54, 1.807) is 45.2 Å². The third-order valence-corrected chi connectivity index (χ3v) is 1.37. The topological polar surface area (TPSA) is 17.1 Å². The van der Waals surface area contributed by atoms with Gasteiger partial charge in [-0.3, -0.25) is 4.79 Å². The summed E-state index contributed by atoms with van der Waals surface area (Å²) in [4.78, 5) is 9.42. The zero-order chi connectivity index (χ0) is 9.23. The smallest absolute Gasteiger partial charge is 0.251 e. The van der Waals surface area contributed by atoms with Crippen molar-refractivity contribution in [2.75, 3.05) is 0 Å². The van der Waals surface area contributed by atoms with Crippen molar-refractivity contribution < 1.29 is 21.6 Å². The van der Waals surface area contributed by atoms with E-state index in [1.807, 2.05) is 0 Å². The number of hydrogen-bond donors (Lipinski definition) is 0. The molecule has 0 aromatic heterocycles. The van der Waals surface area contributed by atoms with Crippen molar-refractivity contribution in [3.8, 4) is 0 Å². The molecule has 0 heterocycles. The zero-order valence-electron chi connectivity index (χ0n) is 7.14. The van der Waals surface area contributed by atoms with Crippen LogP contribution in [0, 0.1) is 0 Å². The first kappa shape index (κ1) is 16.5. The van der Waals surface area contributed by atoms with E-state index in [0.29, 0.717) is 0 Å². The minimum atomic E-state index is 0. The number of rotatable bonds is 0. The van der Waals surface area contributed by atoms with Gasteiger partial charge in [0.2, 0.25) is 0 Å². The molecular formula is C9H12CoI2O. The van der Waals surface area contributed by atoms with Crippen LogP contribution in [-0.2, 0) is 16.8 Å². The first-order valence-electron chi connectivity index (χ1n) is 3.90. The van der Waals surface area contributed by atoms with E-state index in [4.69, 9.17) is 0 Å².